The van der Waals surface area contributed by atoms with Gasteiger partial charge in [-0.2, -0.15) is 9.97 Å². The lowest BCUT2D eigenvalue weighted by atomic mass is 10.7. The summed E-state index contributed by atoms with van der Waals surface area (Å²) in [4.78, 5) is 13.7. The van der Waals surface area contributed by atoms with Crippen LogP contribution in [0.4, 0.5) is 5.95 Å². The predicted molar refractivity (Wildman–Crippen MR) is 39.4 cm³/mol. The van der Waals surface area contributed by atoms with Crippen LogP contribution in [0.3, 0.4) is 0 Å². The van der Waals surface area contributed by atoms with Gasteiger partial charge in [0.15, 0.2) is 11.6 Å². The van der Waals surface area contributed by atoms with E-state index < -0.39 is 0 Å². The highest BCUT2D eigenvalue weighted by Gasteiger charge is 2.07. The molecule has 1 rings (SSSR count). The van der Waals surface area contributed by atoms with Crippen molar-refractivity contribution in [2.45, 2.75) is 6.92 Å². The van der Waals surface area contributed by atoms with E-state index >= 15 is 0 Å². The van der Waals surface area contributed by atoms with Gasteiger partial charge in [0.2, 0.25) is 5.95 Å². The quantitative estimate of drug-likeness (QED) is 0.597. The molecule has 60 valence electrons. The normalized spacial score (nSPS) is 9.82. The monoisotopic (exact) mass is 173 g/mol. The molecule has 11 heavy (non-hydrogen) atoms. The molecule has 0 amide bonds. The van der Waals surface area contributed by atoms with Crippen molar-refractivity contribution in [2.24, 2.45) is 0 Å². The van der Waals surface area contributed by atoms with E-state index in [1.807, 2.05) is 14.1 Å². The highest BCUT2D eigenvalue weighted by molar-refractivity contribution is 5.25. The molecule has 1 aromatic heterocycles. The van der Waals surface area contributed by atoms with E-state index in [9.17, 15) is 0 Å². The predicted octanol–water partition coefficient (Wildman–Crippen LogP) is -0.0578. The number of aryl methyl sites for hydroxylation is 1. The molecule has 0 radical (unpaired) electrons. The zero-order valence-corrected chi connectivity index (χ0v) is 7.51. The van der Waals surface area contributed by atoms with Gasteiger partial charge in [0.1, 0.15) is 5.82 Å². The van der Waals surface area contributed by atoms with E-state index in [2.05, 4.69) is 15.0 Å². The van der Waals surface area contributed by atoms with Crippen LogP contribution in [0.25, 0.3) is 0 Å². The molecule has 0 aromatic carbocycles. The lowest BCUT2D eigenvalue weighted by Crippen LogP contribution is -2.14. The topological polar surface area (TPSA) is 41.9 Å². The third-order valence-corrected chi connectivity index (χ3v) is 1.30. The van der Waals surface area contributed by atoms with E-state index in [1.54, 1.807) is 11.8 Å². The molecular weight excluding hydrogens is 164 g/mol. The lowest BCUT2D eigenvalue weighted by Gasteiger charge is -2.07. The summed E-state index contributed by atoms with van der Waals surface area (Å²) in [7, 11) is 3.73. The minimum absolute atomic E-state index is 0.348. The largest absolute Gasteiger partial charge is 0.422 e. The van der Waals surface area contributed by atoms with Crippen molar-refractivity contribution in [1.82, 2.24) is 15.0 Å². The van der Waals surface area contributed by atoms with Gasteiger partial charge >= 0.3 is 5.28 Å². The van der Waals surface area contributed by atoms with Gasteiger partial charge in [0, 0.05) is 14.1 Å². The maximum absolute atomic E-state index is 4.82. The molecule has 0 spiro atoms. The van der Waals surface area contributed by atoms with Gasteiger partial charge < -0.3 is 4.90 Å². The van der Waals surface area contributed by atoms with Crippen LogP contribution < -0.4 is 4.90 Å². The molecule has 0 N–H and O–H groups in total. The Labute approximate surface area is 70.2 Å². The van der Waals surface area contributed by atoms with Crippen LogP contribution in [0.5, 0.6) is 0 Å². The molecule has 0 aliphatic rings. The molecular formula is C6H10ClN4+. The molecule has 1 heterocycles. The van der Waals surface area contributed by atoms with Crippen LogP contribution >= 0.6 is 0 Å². The summed E-state index contributed by atoms with van der Waals surface area (Å²) in [6, 6.07) is 0. The summed E-state index contributed by atoms with van der Waals surface area (Å²) in [5.74, 6) is 1.27. The molecule has 0 aliphatic carbocycles. The second-order valence-electron chi connectivity index (χ2n) is 2.36. The number of rotatable bonds is 1. The minimum atomic E-state index is 0.348. The Morgan fingerprint density at radius 3 is 2.27 bits per heavy atom. The Morgan fingerprint density at radius 2 is 1.82 bits per heavy atom. The van der Waals surface area contributed by atoms with Crippen LogP contribution in [0.2, 0.25) is 5.28 Å². The first-order valence-corrected chi connectivity index (χ1v) is 3.57. The number of hydrogen-bond donors (Lipinski definition) is 0. The molecule has 0 saturated heterocycles. The fourth-order valence-corrected chi connectivity index (χ4v) is 0.857. The summed E-state index contributed by atoms with van der Waals surface area (Å²) in [5, 5.41) is 0.348. The first kappa shape index (κ1) is 8.20. The molecule has 4 nitrogen and oxygen atoms in total. The van der Waals surface area contributed by atoms with Crippen molar-refractivity contribution in [3.63, 3.8) is 0 Å². The Balaban J connectivity index is 3.08. The average molecular weight is 174 g/mol. The standard InChI is InChI=1S/C6H10ClN4/c1-4-8-5(7)10-6(9-4)11(2)3/h7H,1-3H3/q+1. The Hall–Kier alpha value is -0.900. The molecule has 1 aromatic rings. The zero-order valence-electron chi connectivity index (χ0n) is 6.70. The van der Waals surface area contributed by atoms with Crippen molar-refractivity contribution in [3.05, 3.63) is 11.1 Å². The smallest absolute Gasteiger partial charge is 0.347 e. The molecule has 5 heteroatoms. The fraction of sp³-hybridized carbons (Fsp3) is 0.500. The molecule has 0 saturated carbocycles. The van der Waals surface area contributed by atoms with Crippen LogP contribution in [-0.2, 0) is 0 Å². The summed E-state index contributed by atoms with van der Waals surface area (Å²) in [6.07, 6.45) is 0. The molecule has 0 aliphatic heterocycles. The highest BCUT2D eigenvalue weighted by atomic mass is 35.5. The number of anilines is 1. The summed E-state index contributed by atoms with van der Waals surface area (Å²) < 4.78 is 0. The van der Waals surface area contributed by atoms with Crippen LogP contribution in [0, 0.1) is 18.5 Å². The first-order valence-electron chi connectivity index (χ1n) is 3.16. The highest BCUT2D eigenvalue weighted by Crippen LogP contribution is 2.02. The minimum Gasteiger partial charge on any atom is -0.347 e. The number of hydrogen-bond acceptors (Lipinski definition) is 4. The third kappa shape index (κ3) is 2.01. The van der Waals surface area contributed by atoms with Gasteiger partial charge in [-0.05, 0) is 6.92 Å². The first-order chi connectivity index (χ1) is 5.09. The molecule has 0 unspecified atom stereocenters. The summed E-state index contributed by atoms with van der Waals surface area (Å²) in [5.41, 5.74) is 0. The maximum Gasteiger partial charge on any atom is 0.422 e. The van der Waals surface area contributed by atoms with Crippen LogP contribution in [0.15, 0.2) is 0 Å². The van der Waals surface area contributed by atoms with E-state index in [0.717, 1.165) is 0 Å². The Bertz CT molecular complexity index is 241. The SMILES string of the molecule is Cc1nc([ClH+])nc(N(C)C)n1. The summed E-state index contributed by atoms with van der Waals surface area (Å²) >= 11 is 4.82. The number of halogens is 1. The lowest BCUT2D eigenvalue weighted by molar-refractivity contribution is -0.304. The van der Waals surface area contributed by atoms with E-state index in [4.69, 9.17) is 11.6 Å². The van der Waals surface area contributed by atoms with Gasteiger partial charge in [0.05, 0.1) is 0 Å². The second kappa shape index (κ2) is 3.00. The molecule has 0 bridgehead atoms. The summed E-state index contributed by atoms with van der Waals surface area (Å²) in [6.45, 7) is 1.80. The van der Waals surface area contributed by atoms with Gasteiger partial charge in [-0.1, -0.05) is 0 Å². The fourth-order valence-electron chi connectivity index (χ4n) is 0.644. The second-order valence-corrected chi connectivity index (χ2v) is 2.72. The van der Waals surface area contributed by atoms with Crippen molar-refractivity contribution in [3.8, 4) is 0 Å². The van der Waals surface area contributed by atoms with Crippen molar-refractivity contribution in [2.75, 3.05) is 19.0 Å². The van der Waals surface area contributed by atoms with E-state index in [0.29, 0.717) is 17.1 Å². The third-order valence-electron chi connectivity index (χ3n) is 1.11. The van der Waals surface area contributed by atoms with Gasteiger partial charge in [-0.25, -0.2) is 0 Å². The van der Waals surface area contributed by atoms with Crippen molar-refractivity contribution in [1.29, 1.82) is 0 Å². The van der Waals surface area contributed by atoms with Crippen LogP contribution in [-0.4, -0.2) is 29.0 Å². The van der Waals surface area contributed by atoms with E-state index in [1.165, 1.54) is 0 Å². The van der Waals surface area contributed by atoms with Crippen molar-refractivity contribution < 1.29 is 11.6 Å². The van der Waals surface area contributed by atoms with Gasteiger partial charge in [-0.3, -0.25) is 0 Å². The number of aromatic nitrogens is 3. The number of nitrogens with zero attached hydrogens (tertiary/aromatic N) is 4. The van der Waals surface area contributed by atoms with E-state index in [-0.39, 0.29) is 0 Å². The maximum atomic E-state index is 4.82. The van der Waals surface area contributed by atoms with Crippen LogP contribution in [0.1, 0.15) is 5.82 Å². The Morgan fingerprint density at radius 1 is 1.18 bits per heavy atom. The molecule has 0 atom stereocenters. The molecule has 0 fully saturated rings. The van der Waals surface area contributed by atoms with Crippen molar-refractivity contribution >= 4 is 5.95 Å². The van der Waals surface area contributed by atoms with Gasteiger partial charge in [0.25, 0.3) is 0 Å². The Kier molecular flexibility index (Phi) is 2.24. The van der Waals surface area contributed by atoms with Gasteiger partial charge in [-0.15, -0.1) is 4.98 Å². The average Bonchev–Trinajstić information content (AvgIpc) is 1.85. The zero-order chi connectivity index (χ0) is 8.43.